The Bertz CT molecular complexity index is 432. The van der Waals surface area contributed by atoms with Crippen molar-refractivity contribution in [2.24, 2.45) is 11.3 Å². The van der Waals surface area contributed by atoms with Gasteiger partial charge in [-0.05, 0) is 41.7 Å². The lowest BCUT2D eigenvalue weighted by molar-refractivity contribution is 0.225. The number of alkyl halides is 2. The number of halogens is 2. The first kappa shape index (κ1) is 17.2. The summed E-state index contributed by atoms with van der Waals surface area (Å²) in [5.41, 5.74) is 3.04. The van der Waals surface area contributed by atoms with Gasteiger partial charge in [0.1, 0.15) is 0 Å². The van der Waals surface area contributed by atoms with Crippen molar-refractivity contribution in [2.45, 2.75) is 58.3 Å². The van der Waals surface area contributed by atoms with Gasteiger partial charge in [0.25, 0.3) is 0 Å². The molecule has 0 heterocycles. The SMILES string of the molecule is CC(C)(C)c1ccc(CC(CCl)(CCl)C2CCCC2)cc1. The third-order valence-corrected chi connectivity index (χ3v) is 6.19. The zero-order valence-corrected chi connectivity index (χ0v) is 15.1. The molecule has 2 heteroatoms. The summed E-state index contributed by atoms with van der Waals surface area (Å²) in [4.78, 5) is 0. The van der Waals surface area contributed by atoms with Crippen LogP contribution in [0.3, 0.4) is 0 Å². The van der Waals surface area contributed by atoms with Gasteiger partial charge in [0, 0.05) is 17.2 Å². The first-order valence-electron chi connectivity index (χ1n) is 8.13. The zero-order valence-electron chi connectivity index (χ0n) is 13.6. The first-order chi connectivity index (χ1) is 9.91. The van der Waals surface area contributed by atoms with Crippen molar-refractivity contribution >= 4 is 23.2 Å². The van der Waals surface area contributed by atoms with E-state index >= 15 is 0 Å². The van der Waals surface area contributed by atoms with Crippen LogP contribution in [0.2, 0.25) is 0 Å². The van der Waals surface area contributed by atoms with Gasteiger partial charge in [-0.15, -0.1) is 23.2 Å². The molecule has 21 heavy (non-hydrogen) atoms. The fourth-order valence-corrected chi connectivity index (χ4v) is 4.47. The van der Waals surface area contributed by atoms with Crippen LogP contribution in [0.15, 0.2) is 24.3 Å². The largest absolute Gasteiger partial charge is 0.126 e. The van der Waals surface area contributed by atoms with Crippen LogP contribution in [0.1, 0.15) is 57.6 Å². The summed E-state index contributed by atoms with van der Waals surface area (Å²) >= 11 is 12.7. The maximum absolute atomic E-state index is 6.37. The molecule has 0 aromatic heterocycles. The summed E-state index contributed by atoms with van der Waals surface area (Å²) < 4.78 is 0. The van der Waals surface area contributed by atoms with Crippen molar-refractivity contribution in [1.29, 1.82) is 0 Å². The Morgan fingerprint density at radius 3 is 1.90 bits per heavy atom. The van der Waals surface area contributed by atoms with Crippen molar-refractivity contribution in [3.8, 4) is 0 Å². The summed E-state index contributed by atoms with van der Waals surface area (Å²) in [5, 5.41) is 0. The Labute approximate surface area is 140 Å². The number of hydrogen-bond acceptors (Lipinski definition) is 0. The molecule has 0 aliphatic heterocycles. The summed E-state index contributed by atoms with van der Waals surface area (Å²) in [6, 6.07) is 9.06. The van der Waals surface area contributed by atoms with Crippen LogP contribution >= 0.6 is 23.2 Å². The van der Waals surface area contributed by atoms with E-state index in [9.17, 15) is 0 Å². The van der Waals surface area contributed by atoms with E-state index < -0.39 is 0 Å². The molecule has 1 aromatic rings. The summed E-state index contributed by atoms with van der Waals surface area (Å²) in [7, 11) is 0. The molecule has 1 fully saturated rings. The van der Waals surface area contributed by atoms with Crippen LogP contribution in [-0.4, -0.2) is 11.8 Å². The smallest absolute Gasteiger partial charge is 0.0297 e. The molecule has 0 amide bonds. The van der Waals surface area contributed by atoms with Crippen molar-refractivity contribution in [3.05, 3.63) is 35.4 Å². The molecule has 1 aliphatic carbocycles. The Morgan fingerprint density at radius 1 is 0.952 bits per heavy atom. The van der Waals surface area contributed by atoms with Crippen molar-refractivity contribution in [1.82, 2.24) is 0 Å². The van der Waals surface area contributed by atoms with Crippen LogP contribution in [0, 0.1) is 11.3 Å². The predicted octanol–water partition coefficient (Wildman–Crippen LogP) is 6.18. The van der Waals surface area contributed by atoms with Crippen LogP contribution < -0.4 is 0 Å². The van der Waals surface area contributed by atoms with E-state index in [0.29, 0.717) is 17.7 Å². The van der Waals surface area contributed by atoms with Crippen molar-refractivity contribution in [3.63, 3.8) is 0 Å². The molecule has 118 valence electrons. The lowest BCUT2D eigenvalue weighted by atomic mass is 9.73. The molecule has 0 atom stereocenters. The summed E-state index contributed by atoms with van der Waals surface area (Å²) in [6.07, 6.45) is 6.26. The van der Waals surface area contributed by atoms with Gasteiger partial charge in [-0.2, -0.15) is 0 Å². The topological polar surface area (TPSA) is 0 Å². The Balaban J connectivity index is 2.17. The minimum absolute atomic E-state index is 0.0723. The minimum atomic E-state index is 0.0723. The third-order valence-electron chi connectivity index (χ3n) is 5.13. The highest BCUT2D eigenvalue weighted by atomic mass is 35.5. The molecule has 0 unspecified atom stereocenters. The maximum Gasteiger partial charge on any atom is 0.0297 e. The predicted molar refractivity (Wildman–Crippen MR) is 94.7 cm³/mol. The Kier molecular flexibility index (Phi) is 5.65. The van der Waals surface area contributed by atoms with E-state index in [1.54, 1.807) is 0 Å². The van der Waals surface area contributed by atoms with Crippen LogP contribution in [0.4, 0.5) is 0 Å². The monoisotopic (exact) mass is 326 g/mol. The normalized spacial score (nSPS) is 17.4. The molecular formula is C19H28Cl2. The lowest BCUT2D eigenvalue weighted by Crippen LogP contribution is -2.35. The van der Waals surface area contributed by atoms with Gasteiger partial charge in [0.2, 0.25) is 0 Å². The van der Waals surface area contributed by atoms with E-state index in [1.165, 1.54) is 36.8 Å². The average molecular weight is 327 g/mol. The van der Waals surface area contributed by atoms with Crippen molar-refractivity contribution in [2.75, 3.05) is 11.8 Å². The van der Waals surface area contributed by atoms with E-state index in [0.717, 1.165) is 6.42 Å². The molecule has 0 saturated heterocycles. The highest BCUT2D eigenvalue weighted by molar-refractivity contribution is 6.21. The van der Waals surface area contributed by atoms with Crippen LogP contribution in [0.5, 0.6) is 0 Å². The molecular weight excluding hydrogens is 299 g/mol. The van der Waals surface area contributed by atoms with Gasteiger partial charge in [0.05, 0.1) is 0 Å². The molecule has 1 aromatic carbocycles. The molecule has 1 aliphatic rings. The van der Waals surface area contributed by atoms with E-state index in [2.05, 4.69) is 45.0 Å². The van der Waals surface area contributed by atoms with Gasteiger partial charge in [-0.1, -0.05) is 57.9 Å². The molecule has 0 radical (unpaired) electrons. The molecule has 2 rings (SSSR count). The zero-order chi connectivity index (χ0) is 15.5. The molecule has 0 bridgehead atoms. The van der Waals surface area contributed by atoms with E-state index in [4.69, 9.17) is 23.2 Å². The Morgan fingerprint density at radius 2 is 1.48 bits per heavy atom. The quantitative estimate of drug-likeness (QED) is 0.566. The standard InChI is InChI=1S/C19H28Cl2/c1-18(2,3)16-10-8-15(9-11-16)12-19(13-20,14-21)17-6-4-5-7-17/h8-11,17H,4-7,12-14H2,1-3H3. The molecule has 0 N–H and O–H groups in total. The molecule has 0 nitrogen and oxygen atoms in total. The average Bonchev–Trinajstić information content (AvgIpc) is 2.99. The fourth-order valence-electron chi connectivity index (χ4n) is 3.56. The minimum Gasteiger partial charge on any atom is -0.126 e. The Hall–Kier alpha value is -0.200. The molecule has 0 spiro atoms. The summed E-state index contributed by atoms with van der Waals surface area (Å²) in [6.45, 7) is 6.76. The highest BCUT2D eigenvalue weighted by Crippen LogP contribution is 2.44. The van der Waals surface area contributed by atoms with Gasteiger partial charge in [-0.25, -0.2) is 0 Å². The maximum atomic E-state index is 6.37. The first-order valence-corrected chi connectivity index (χ1v) is 9.19. The van der Waals surface area contributed by atoms with E-state index in [1.807, 2.05) is 0 Å². The van der Waals surface area contributed by atoms with Gasteiger partial charge in [-0.3, -0.25) is 0 Å². The van der Waals surface area contributed by atoms with Gasteiger partial charge in [0.15, 0.2) is 0 Å². The van der Waals surface area contributed by atoms with Gasteiger partial charge >= 0.3 is 0 Å². The van der Waals surface area contributed by atoms with Crippen LogP contribution in [-0.2, 0) is 11.8 Å². The second-order valence-corrected chi connectivity index (χ2v) is 8.27. The van der Waals surface area contributed by atoms with Crippen LogP contribution in [0.25, 0.3) is 0 Å². The number of rotatable bonds is 5. The highest BCUT2D eigenvalue weighted by Gasteiger charge is 2.39. The number of benzene rings is 1. The lowest BCUT2D eigenvalue weighted by Gasteiger charge is -2.36. The fraction of sp³-hybridized carbons (Fsp3) is 0.684. The third kappa shape index (κ3) is 3.96. The summed E-state index contributed by atoms with van der Waals surface area (Å²) in [5.74, 6) is 2.03. The van der Waals surface area contributed by atoms with Crippen molar-refractivity contribution < 1.29 is 0 Å². The molecule has 1 saturated carbocycles. The second-order valence-electron chi connectivity index (χ2n) is 7.73. The van der Waals surface area contributed by atoms with Gasteiger partial charge < -0.3 is 0 Å². The van der Waals surface area contributed by atoms with E-state index in [-0.39, 0.29) is 10.8 Å². The second kappa shape index (κ2) is 6.92. The number of hydrogen-bond donors (Lipinski definition) is 0.